The van der Waals surface area contributed by atoms with Crippen molar-refractivity contribution in [3.8, 4) is 0 Å². The molecule has 0 rings (SSSR count). The van der Waals surface area contributed by atoms with Gasteiger partial charge in [0.05, 0.1) is 0 Å². The first-order chi connectivity index (χ1) is 7.10. The van der Waals surface area contributed by atoms with Gasteiger partial charge in [-0.3, -0.25) is 9.59 Å². The van der Waals surface area contributed by atoms with Crippen LogP contribution in [-0.4, -0.2) is 23.1 Å². The number of ether oxygens (including phenoxy) is 1. The number of hydrogen-bond acceptors (Lipinski definition) is 3. The normalized spacial score (nSPS) is 12.1. The van der Waals surface area contributed by atoms with Crippen LogP contribution in [0.3, 0.4) is 0 Å². The van der Waals surface area contributed by atoms with Gasteiger partial charge in [0.2, 0.25) is 0 Å². The van der Waals surface area contributed by atoms with Crippen LogP contribution in [0.25, 0.3) is 0 Å². The topological polar surface area (TPSA) is 63.6 Å². The summed E-state index contributed by atoms with van der Waals surface area (Å²) < 4.78 is 5.08. The molecule has 0 aliphatic heterocycles. The predicted molar refractivity (Wildman–Crippen MR) is 56.6 cm³/mol. The Hall–Kier alpha value is -1.06. The van der Waals surface area contributed by atoms with Crippen LogP contribution in [0.1, 0.15) is 52.4 Å². The highest BCUT2D eigenvalue weighted by Gasteiger charge is 2.15. The highest BCUT2D eigenvalue weighted by Crippen LogP contribution is 2.11. The van der Waals surface area contributed by atoms with Gasteiger partial charge >= 0.3 is 11.9 Å². The van der Waals surface area contributed by atoms with Gasteiger partial charge < -0.3 is 9.84 Å². The second-order valence-corrected chi connectivity index (χ2v) is 3.61. The zero-order chi connectivity index (χ0) is 11.7. The number of unbranched alkanes of at least 4 members (excludes halogenated alkanes) is 1. The zero-order valence-electron chi connectivity index (χ0n) is 9.49. The first-order valence-electron chi connectivity index (χ1n) is 5.51. The van der Waals surface area contributed by atoms with Gasteiger partial charge in [-0.25, -0.2) is 0 Å². The molecule has 1 N–H and O–H groups in total. The molecule has 0 aliphatic rings. The fourth-order valence-electron chi connectivity index (χ4n) is 1.37. The highest BCUT2D eigenvalue weighted by atomic mass is 16.5. The standard InChI is InChI=1S/C11H20O4/c1-3-5-7-9(6-4-2)15-11(14)8-10(12)13/h9H,3-8H2,1-2H3,(H,12,13). The van der Waals surface area contributed by atoms with Gasteiger partial charge in [0.15, 0.2) is 0 Å². The molecule has 0 heterocycles. The molecule has 0 aliphatic carbocycles. The molecule has 0 spiro atoms. The molecule has 1 atom stereocenters. The molecule has 4 nitrogen and oxygen atoms in total. The predicted octanol–water partition coefficient (Wildman–Crippen LogP) is 2.36. The number of hydrogen-bond donors (Lipinski definition) is 1. The van der Waals surface area contributed by atoms with Crippen LogP contribution in [0.4, 0.5) is 0 Å². The monoisotopic (exact) mass is 216 g/mol. The molecule has 0 bridgehead atoms. The molecule has 0 aromatic heterocycles. The van der Waals surface area contributed by atoms with Gasteiger partial charge in [-0.1, -0.05) is 33.1 Å². The lowest BCUT2D eigenvalue weighted by Crippen LogP contribution is -2.20. The van der Waals surface area contributed by atoms with Gasteiger partial charge in [0.25, 0.3) is 0 Å². The van der Waals surface area contributed by atoms with Crippen molar-refractivity contribution in [2.45, 2.75) is 58.5 Å². The number of carbonyl (C=O) groups is 2. The maximum atomic E-state index is 11.1. The Balaban J connectivity index is 3.91. The highest BCUT2D eigenvalue weighted by molar-refractivity contribution is 5.90. The molecule has 0 aromatic carbocycles. The average Bonchev–Trinajstić information content (AvgIpc) is 2.13. The van der Waals surface area contributed by atoms with Crippen LogP contribution in [-0.2, 0) is 14.3 Å². The summed E-state index contributed by atoms with van der Waals surface area (Å²) in [5.41, 5.74) is 0. The summed E-state index contributed by atoms with van der Waals surface area (Å²) in [6, 6.07) is 0. The van der Waals surface area contributed by atoms with Crippen LogP contribution < -0.4 is 0 Å². The summed E-state index contributed by atoms with van der Waals surface area (Å²) in [6.45, 7) is 4.09. The van der Waals surface area contributed by atoms with Crippen molar-refractivity contribution in [2.75, 3.05) is 0 Å². The van der Waals surface area contributed by atoms with Crippen molar-refractivity contribution in [1.82, 2.24) is 0 Å². The molecular formula is C11H20O4. The maximum Gasteiger partial charge on any atom is 0.317 e. The van der Waals surface area contributed by atoms with E-state index in [4.69, 9.17) is 9.84 Å². The van der Waals surface area contributed by atoms with E-state index in [0.717, 1.165) is 32.1 Å². The number of esters is 1. The molecule has 4 heteroatoms. The average molecular weight is 216 g/mol. The molecule has 0 saturated carbocycles. The third kappa shape index (κ3) is 7.97. The van der Waals surface area contributed by atoms with Crippen LogP contribution in [0.15, 0.2) is 0 Å². The molecule has 0 aromatic rings. The fourth-order valence-corrected chi connectivity index (χ4v) is 1.37. The van der Waals surface area contributed by atoms with Crippen molar-refractivity contribution < 1.29 is 19.4 Å². The number of rotatable bonds is 8. The number of carbonyl (C=O) groups excluding carboxylic acids is 1. The molecule has 1 unspecified atom stereocenters. The largest absolute Gasteiger partial charge is 0.481 e. The third-order valence-corrected chi connectivity index (χ3v) is 2.08. The van der Waals surface area contributed by atoms with Gasteiger partial charge in [0, 0.05) is 0 Å². The Morgan fingerprint density at radius 3 is 2.33 bits per heavy atom. The molecule has 0 radical (unpaired) electrons. The summed E-state index contributed by atoms with van der Waals surface area (Å²) >= 11 is 0. The van der Waals surface area contributed by atoms with Gasteiger partial charge in [-0.15, -0.1) is 0 Å². The lowest BCUT2D eigenvalue weighted by atomic mass is 10.1. The molecule has 0 saturated heterocycles. The first-order valence-corrected chi connectivity index (χ1v) is 5.51. The van der Waals surface area contributed by atoms with Crippen molar-refractivity contribution in [2.24, 2.45) is 0 Å². The van der Waals surface area contributed by atoms with E-state index in [1.807, 2.05) is 6.92 Å². The lowest BCUT2D eigenvalue weighted by molar-refractivity contribution is -0.155. The van der Waals surface area contributed by atoms with E-state index in [0.29, 0.717) is 0 Å². The van der Waals surface area contributed by atoms with Gasteiger partial charge in [-0.05, 0) is 12.8 Å². The summed E-state index contributed by atoms with van der Waals surface area (Å²) in [6.07, 6.45) is 3.99. The van der Waals surface area contributed by atoms with Crippen LogP contribution in [0.5, 0.6) is 0 Å². The smallest absolute Gasteiger partial charge is 0.317 e. The molecule has 0 amide bonds. The van der Waals surface area contributed by atoms with E-state index in [1.165, 1.54) is 0 Å². The van der Waals surface area contributed by atoms with E-state index >= 15 is 0 Å². The van der Waals surface area contributed by atoms with Crippen molar-refractivity contribution >= 4 is 11.9 Å². The molecule has 15 heavy (non-hydrogen) atoms. The van der Waals surface area contributed by atoms with E-state index in [2.05, 4.69) is 6.92 Å². The van der Waals surface area contributed by atoms with E-state index in [1.54, 1.807) is 0 Å². The van der Waals surface area contributed by atoms with E-state index < -0.39 is 18.4 Å². The summed E-state index contributed by atoms with van der Waals surface area (Å²) in [5.74, 6) is -1.76. The van der Waals surface area contributed by atoms with Crippen LogP contribution in [0.2, 0.25) is 0 Å². The van der Waals surface area contributed by atoms with Crippen molar-refractivity contribution in [1.29, 1.82) is 0 Å². The minimum atomic E-state index is -1.13. The quantitative estimate of drug-likeness (QED) is 0.499. The Morgan fingerprint density at radius 1 is 1.20 bits per heavy atom. The lowest BCUT2D eigenvalue weighted by Gasteiger charge is -2.16. The van der Waals surface area contributed by atoms with E-state index in [9.17, 15) is 9.59 Å². The zero-order valence-corrected chi connectivity index (χ0v) is 9.49. The van der Waals surface area contributed by atoms with Gasteiger partial charge in [0.1, 0.15) is 12.5 Å². The number of carboxylic acids is 1. The maximum absolute atomic E-state index is 11.1. The molecule has 88 valence electrons. The summed E-state index contributed by atoms with van der Waals surface area (Å²) in [7, 11) is 0. The Kier molecular flexibility index (Phi) is 7.68. The third-order valence-electron chi connectivity index (χ3n) is 2.08. The minimum absolute atomic E-state index is 0.109. The fraction of sp³-hybridized carbons (Fsp3) is 0.818. The second kappa shape index (κ2) is 8.26. The Labute approximate surface area is 90.6 Å². The molecular weight excluding hydrogens is 196 g/mol. The van der Waals surface area contributed by atoms with E-state index in [-0.39, 0.29) is 6.10 Å². The SMILES string of the molecule is CCCCC(CCC)OC(=O)CC(=O)O. The van der Waals surface area contributed by atoms with Crippen LogP contribution >= 0.6 is 0 Å². The summed E-state index contributed by atoms with van der Waals surface area (Å²) in [4.78, 5) is 21.4. The Morgan fingerprint density at radius 2 is 1.87 bits per heavy atom. The number of aliphatic carboxylic acids is 1. The van der Waals surface area contributed by atoms with Gasteiger partial charge in [-0.2, -0.15) is 0 Å². The molecule has 0 fully saturated rings. The van der Waals surface area contributed by atoms with Crippen molar-refractivity contribution in [3.63, 3.8) is 0 Å². The summed E-state index contributed by atoms with van der Waals surface area (Å²) in [5, 5.41) is 8.40. The van der Waals surface area contributed by atoms with Crippen LogP contribution in [0, 0.1) is 0 Å². The first kappa shape index (κ1) is 13.9. The second-order valence-electron chi connectivity index (χ2n) is 3.61. The number of carboxylic acid groups (broad SMARTS) is 1. The Bertz CT molecular complexity index is 201. The van der Waals surface area contributed by atoms with Crippen molar-refractivity contribution in [3.05, 3.63) is 0 Å². The minimum Gasteiger partial charge on any atom is -0.481 e.